The van der Waals surface area contributed by atoms with Gasteiger partial charge in [-0.2, -0.15) is 0 Å². The molecular formula is C12H19FN2. The molecule has 1 rings (SSSR count). The van der Waals surface area contributed by atoms with Crippen molar-refractivity contribution in [1.29, 1.82) is 0 Å². The SMILES string of the molecule is CNCC(C)NCc1cccc(C)c1F. The average molecular weight is 210 g/mol. The number of halogens is 1. The van der Waals surface area contributed by atoms with Gasteiger partial charge in [-0.25, -0.2) is 4.39 Å². The topological polar surface area (TPSA) is 24.1 Å². The van der Waals surface area contributed by atoms with Crippen LogP contribution in [-0.4, -0.2) is 19.6 Å². The smallest absolute Gasteiger partial charge is 0.130 e. The van der Waals surface area contributed by atoms with E-state index in [4.69, 9.17) is 0 Å². The first-order chi connectivity index (χ1) is 7.15. The van der Waals surface area contributed by atoms with E-state index in [-0.39, 0.29) is 5.82 Å². The van der Waals surface area contributed by atoms with Crippen molar-refractivity contribution in [2.75, 3.05) is 13.6 Å². The molecule has 1 unspecified atom stereocenters. The van der Waals surface area contributed by atoms with Crippen molar-refractivity contribution >= 4 is 0 Å². The molecule has 0 saturated heterocycles. The normalized spacial score (nSPS) is 12.8. The summed E-state index contributed by atoms with van der Waals surface area (Å²) in [6, 6.07) is 5.84. The molecule has 0 amide bonds. The van der Waals surface area contributed by atoms with Gasteiger partial charge >= 0.3 is 0 Å². The number of aryl methyl sites for hydroxylation is 1. The van der Waals surface area contributed by atoms with Crippen LogP contribution >= 0.6 is 0 Å². The molecule has 2 N–H and O–H groups in total. The van der Waals surface area contributed by atoms with Crippen LogP contribution in [0.4, 0.5) is 4.39 Å². The zero-order chi connectivity index (χ0) is 11.3. The number of likely N-dealkylation sites (N-methyl/N-ethyl adjacent to an activating group) is 1. The van der Waals surface area contributed by atoms with Crippen LogP contribution in [0, 0.1) is 12.7 Å². The van der Waals surface area contributed by atoms with E-state index in [9.17, 15) is 4.39 Å². The van der Waals surface area contributed by atoms with Crippen LogP contribution < -0.4 is 10.6 Å². The maximum atomic E-state index is 13.6. The molecule has 0 saturated carbocycles. The molecule has 84 valence electrons. The third-order valence-electron chi connectivity index (χ3n) is 2.42. The molecule has 0 aliphatic heterocycles. The largest absolute Gasteiger partial charge is 0.318 e. The summed E-state index contributed by atoms with van der Waals surface area (Å²) in [5.74, 6) is -0.0957. The Bertz CT molecular complexity index is 312. The maximum absolute atomic E-state index is 13.6. The molecule has 0 aliphatic carbocycles. The lowest BCUT2D eigenvalue weighted by Crippen LogP contribution is -2.34. The van der Waals surface area contributed by atoms with Crippen LogP contribution in [0.2, 0.25) is 0 Å². The van der Waals surface area contributed by atoms with Crippen molar-refractivity contribution in [3.8, 4) is 0 Å². The first-order valence-corrected chi connectivity index (χ1v) is 5.27. The Labute approximate surface area is 90.9 Å². The number of hydrogen-bond donors (Lipinski definition) is 2. The van der Waals surface area contributed by atoms with Gasteiger partial charge in [0.25, 0.3) is 0 Å². The van der Waals surface area contributed by atoms with Gasteiger partial charge in [0, 0.05) is 24.7 Å². The third kappa shape index (κ3) is 3.61. The lowest BCUT2D eigenvalue weighted by Gasteiger charge is -2.13. The minimum atomic E-state index is -0.0957. The monoisotopic (exact) mass is 210 g/mol. The Morgan fingerprint density at radius 1 is 1.40 bits per heavy atom. The van der Waals surface area contributed by atoms with Crippen molar-refractivity contribution in [3.63, 3.8) is 0 Å². The highest BCUT2D eigenvalue weighted by Gasteiger charge is 2.05. The van der Waals surface area contributed by atoms with E-state index in [1.807, 2.05) is 19.2 Å². The number of benzene rings is 1. The molecule has 0 bridgehead atoms. The Morgan fingerprint density at radius 3 is 2.80 bits per heavy atom. The van der Waals surface area contributed by atoms with Crippen LogP contribution in [0.15, 0.2) is 18.2 Å². The second-order valence-electron chi connectivity index (χ2n) is 3.89. The standard InChI is InChI=1S/C12H19FN2/c1-9-5-4-6-11(12(9)13)8-15-10(2)7-14-3/h4-6,10,14-15H,7-8H2,1-3H3. The molecule has 0 heterocycles. The zero-order valence-electron chi connectivity index (χ0n) is 9.60. The summed E-state index contributed by atoms with van der Waals surface area (Å²) < 4.78 is 13.6. The van der Waals surface area contributed by atoms with Gasteiger partial charge in [0.1, 0.15) is 5.82 Å². The maximum Gasteiger partial charge on any atom is 0.130 e. The number of rotatable bonds is 5. The van der Waals surface area contributed by atoms with E-state index < -0.39 is 0 Å². The lowest BCUT2D eigenvalue weighted by molar-refractivity contribution is 0.507. The first-order valence-electron chi connectivity index (χ1n) is 5.27. The predicted octanol–water partition coefficient (Wildman–Crippen LogP) is 1.83. The van der Waals surface area contributed by atoms with E-state index in [2.05, 4.69) is 17.6 Å². The highest BCUT2D eigenvalue weighted by molar-refractivity contribution is 5.24. The van der Waals surface area contributed by atoms with E-state index >= 15 is 0 Å². The number of hydrogen-bond acceptors (Lipinski definition) is 2. The molecule has 0 aliphatic rings. The van der Waals surface area contributed by atoms with Crippen LogP contribution in [0.25, 0.3) is 0 Å². The third-order valence-corrected chi connectivity index (χ3v) is 2.42. The minimum absolute atomic E-state index is 0.0957. The Hall–Kier alpha value is -0.930. The summed E-state index contributed by atoms with van der Waals surface area (Å²) in [6.07, 6.45) is 0. The molecule has 0 aromatic heterocycles. The minimum Gasteiger partial charge on any atom is -0.318 e. The highest BCUT2D eigenvalue weighted by Crippen LogP contribution is 2.11. The molecular weight excluding hydrogens is 191 g/mol. The van der Waals surface area contributed by atoms with Crippen molar-refractivity contribution < 1.29 is 4.39 Å². The first kappa shape index (κ1) is 12.1. The summed E-state index contributed by atoms with van der Waals surface area (Å²) in [7, 11) is 1.91. The fourth-order valence-electron chi connectivity index (χ4n) is 1.51. The predicted molar refractivity (Wildman–Crippen MR) is 61.4 cm³/mol. The molecule has 0 spiro atoms. The molecule has 1 aromatic rings. The van der Waals surface area contributed by atoms with E-state index in [0.717, 1.165) is 12.1 Å². The summed E-state index contributed by atoms with van der Waals surface area (Å²) in [5.41, 5.74) is 1.44. The van der Waals surface area contributed by atoms with Gasteiger partial charge < -0.3 is 10.6 Å². The van der Waals surface area contributed by atoms with Gasteiger partial charge in [-0.1, -0.05) is 18.2 Å². The second kappa shape index (κ2) is 5.83. The van der Waals surface area contributed by atoms with Gasteiger partial charge in [0.2, 0.25) is 0 Å². The zero-order valence-corrected chi connectivity index (χ0v) is 9.60. The molecule has 0 radical (unpaired) electrons. The van der Waals surface area contributed by atoms with Crippen LogP contribution in [0.1, 0.15) is 18.1 Å². The van der Waals surface area contributed by atoms with Gasteiger partial charge in [0.05, 0.1) is 0 Å². The molecule has 2 nitrogen and oxygen atoms in total. The van der Waals surface area contributed by atoms with E-state index in [1.165, 1.54) is 0 Å². The Morgan fingerprint density at radius 2 is 2.13 bits per heavy atom. The van der Waals surface area contributed by atoms with Crippen LogP contribution in [-0.2, 0) is 6.54 Å². The summed E-state index contributed by atoms with van der Waals surface area (Å²) in [4.78, 5) is 0. The summed E-state index contributed by atoms with van der Waals surface area (Å²) >= 11 is 0. The van der Waals surface area contributed by atoms with Crippen molar-refractivity contribution in [3.05, 3.63) is 35.1 Å². The van der Waals surface area contributed by atoms with Crippen molar-refractivity contribution in [1.82, 2.24) is 10.6 Å². The molecule has 1 aromatic carbocycles. The summed E-state index contributed by atoms with van der Waals surface area (Å²) in [6.45, 7) is 5.32. The fourth-order valence-corrected chi connectivity index (χ4v) is 1.51. The summed E-state index contributed by atoms with van der Waals surface area (Å²) in [5, 5.41) is 6.34. The number of nitrogens with one attached hydrogen (secondary N) is 2. The van der Waals surface area contributed by atoms with Gasteiger partial charge in [-0.3, -0.25) is 0 Å². The molecule has 1 atom stereocenters. The van der Waals surface area contributed by atoms with Crippen LogP contribution in [0.5, 0.6) is 0 Å². The van der Waals surface area contributed by atoms with Gasteiger partial charge in [0.15, 0.2) is 0 Å². The van der Waals surface area contributed by atoms with Crippen LogP contribution in [0.3, 0.4) is 0 Å². The highest BCUT2D eigenvalue weighted by atomic mass is 19.1. The lowest BCUT2D eigenvalue weighted by atomic mass is 10.1. The van der Waals surface area contributed by atoms with E-state index in [0.29, 0.717) is 18.2 Å². The second-order valence-corrected chi connectivity index (χ2v) is 3.89. The van der Waals surface area contributed by atoms with E-state index in [1.54, 1.807) is 13.0 Å². The van der Waals surface area contributed by atoms with Crippen molar-refractivity contribution in [2.45, 2.75) is 26.4 Å². The molecule has 0 fully saturated rings. The van der Waals surface area contributed by atoms with Gasteiger partial charge in [-0.05, 0) is 26.5 Å². The average Bonchev–Trinajstić information content (AvgIpc) is 2.21. The quantitative estimate of drug-likeness (QED) is 0.775. The fraction of sp³-hybridized carbons (Fsp3) is 0.500. The van der Waals surface area contributed by atoms with Gasteiger partial charge in [-0.15, -0.1) is 0 Å². The van der Waals surface area contributed by atoms with Crippen molar-refractivity contribution in [2.24, 2.45) is 0 Å². The molecule has 15 heavy (non-hydrogen) atoms. The molecule has 3 heteroatoms. The Kier molecular flexibility index (Phi) is 4.72. The Balaban J connectivity index is 2.54.